The topological polar surface area (TPSA) is 157 Å². The number of carboxylic acids is 3. The number of carboxylic acid groups (broad SMARTS) is 3. The van der Waals surface area contributed by atoms with E-state index in [0.29, 0.717) is 13.2 Å². The van der Waals surface area contributed by atoms with Crippen LogP contribution in [0.3, 0.4) is 0 Å². The van der Waals surface area contributed by atoms with Gasteiger partial charge in [-0.15, -0.1) is 0 Å². The number of benzene rings is 1. The number of rotatable bonds is 13. The maximum absolute atomic E-state index is 13.4. The Bertz CT molecular complexity index is 1100. The number of carbonyl (C=O) groups is 3. The average molecular weight is 553 g/mol. The van der Waals surface area contributed by atoms with Gasteiger partial charge in [-0.25, -0.2) is 13.6 Å². The Kier molecular flexibility index (Phi) is 11.9. The van der Waals surface area contributed by atoms with E-state index < -0.39 is 36.4 Å². The Morgan fingerprint density at radius 2 is 1.67 bits per heavy atom. The summed E-state index contributed by atoms with van der Waals surface area (Å²) < 4.78 is 32.3. The monoisotopic (exact) mass is 552 g/mol. The lowest BCUT2D eigenvalue weighted by Crippen LogP contribution is -2.42. The first-order valence-corrected chi connectivity index (χ1v) is 12.4. The number of hydrogen-bond donors (Lipinski definition) is 4. The minimum Gasteiger partial charge on any atom is -0.481 e. The zero-order valence-electron chi connectivity index (χ0n) is 21.7. The molecule has 0 bridgehead atoms. The smallest absolute Gasteiger partial charge is 0.336 e. The van der Waals surface area contributed by atoms with Crippen LogP contribution in [0.1, 0.15) is 43.7 Å². The first-order chi connectivity index (χ1) is 18.4. The Morgan fingerprint density at radius 3 is 2.21 bits per heavy atom. The number of ether oxygens (including phenoxy) is 1. The van der Waals surface area contributed by atoms with Gasteiger partial charge in [-0.3, -0.25) is 19.5 Å². The molecule has 1 aromatic carbocycles. The summed E-state index contributed by atoms with van der Waals surface area (Å²) in [6.45, 7) is 6.03. The quantitative estimate of drug-likeness (QED) is 0.291. The molecule has 0 amide bonds. The van der Waals surface area contributed by atoms with Crippen LogP contribution in [-0.2, 0) is 32.1 Å². The molecule has 214 valence electrons. The van der Waals surface area contributed by atoms with Crippen LogP contribution in [0.2, 0.25) is 0 Å². The molecule has 2 heterocycles. The van der Waals surface area contributed by atoms with Crippen molar-refractivity contribution in [1.29, 1.82) is 0 Å². The number of aliphatic hydroxyl groups is 1. The molecule has 10 nitrogen and oxygen atoms in total. The Balaban J connectivity index is 0.000000349. The van der Waals surface area contributed by atoms with Crippen LogP contribution in [0.5, 0.6) is 0 Å². The molecule has 2 aromatic rings. The Labute approximate surface area is 224 Å². The van der Waals surface area contributed by atoms with E-state index in [2.05, 4.69) is 9.88 Å². The maximum Gasteiger partial charge on any atom is 0.336 e. The van der Waals surface area contributed by atoms with Crippen LogP contribution in [0.25, 0.3) is 0 Å². The third-order valence-electron chi connectivity index (χ3n) is 6.44. The van der Waals surface area contributed by atoms with Crippen molar-refractivity contribution in [3.8, 4) is 0 Å². The molecule has 1 saturated heterocycles. The molecule has 0 aliphatic carbocycles. The normalized spacial score (nSPS) is 17.3. The first-order valence-electron chi connectivity index (χ1n) is 12.4. The van der Waals surface area contributed by atoms with E-state index in [9.17, 15) is 23.2 Å². The third kappa shape index (κ3) is 10.7. The first kappa shape index (κ1) is 31.7. The lowest BCUT2D eigenvalue weighted by molar-refractivity contribution is -0.170. The number of nitrogens with zero attached hydrogens (tertiary/aromatic N) is 2. The molecule has 1 aliphatic heterocycles. The highest BCUT2D eigenvalue weighted by Crippen LogP contribution is 2.36. The van der Waals surface area contributed by atoms with Crippen LogP contribution >= 0.6 is 0 Å². The lowest BCUT2D eigenvalue weighted by Gasteiger charge is -2.29. The molecular weight excluding hydrogens is 518 g/mol. The molecule has 4 N–H and O–H groups in total. The molecule has 3 rings (SSSR count). The fraction of sp³-hybridized carbons (Fsp3) is 0.481. The van der Waals surface area contributed by atoms with E-state index in [0.717, 1.165) is 50.1 Å². The predicted octanol–water partition coefficient (Wildman–Crippen LogP) is 2.97. The summed E-state index contributed by atoms with van der Waals surface area (Å²) >= 11 is 0. The van der Waals surface area contributed by atoms with Crippen molar-refractivity contribution < 1.29 is 48.3 Å². The van der Waals surface area contributed by atoms with Gasteiger partial charge in [-0.2, -0.15) is 0 Å². The highest BCUT2D eigenvalue weighted by Gasteiger charge is 2.41. The third-order valence-corrected chi connectivity index (χ3v) is 6.44. The summed E-state index contributed by atoms with van der Waals surface area (Å²) in [5.41, 5.74) is -0.603. The van der Waals surface area contributed by atoms with Crippen molar-refractivity contribution in [3.63, 3.8) is 0 Å². The zero-order valence-corrected chi connectivity index (χ0v) is 21.7. The number of aryl methyl sites for hydroxylation is 1. The summed E-state index contributed by atoms with van der Waals surface area (Å²) in [4.78, 5) is 36.8. The van der Waals surface area contributed by atoms with E-state index in [1.54, 1.807) is 12.3 Å². The Morgan fingerprint density at radius 1 is 1.03 bits per heavy atom. The number of pyridine rings is 1. The largest absolute Gasteiger partial charge is 0.481 e. The molecule has 1 aromatic heterocycles. The molecule has 0 radical (unpaired) electrons. The highest BCUT2D eigenvalue weighted by molar-refractivity contribution is 5.88. The van der Waals surface area contributed by atoms with Crippen molar-refractivity contribution in [2.45, 2.75) is 51.2 Å². The van der Waals surface area contributed by atoms with E-state index in [1.165, 1.54) is 18.3 Å². The van der Waals surface area contributed by atoms with Crippen molar-refractivity contribution in [1.82, 2.24) is 9.88 Å². The molecule has 0 saturated carbocycles. The van der Waals surface area contributed by atoms with Crippen molar-refractivity contribution in [2.75, 3.05) is 26.3 Å². The molecule has 39 heavy (non-hydrogen) atoms. The summed E-state index contributed by atoms with van der Waals surface area (Å²) in [5, 5.41) is 33.8. The van der Waals surface area contributed by atoms with Crippen LogP contribution < -0.4 is 0 Å². The highest BCUT2D eigenvalue weighted by atomic mass is 19.1. The van der Waals surface area contributed by atoms with Gasteiger partial charge in [0.2, 0.25) is 0 Å². The van der Waals surface area contributed by atoms with Gasteiger partial charge in [0, 0.05) is 31.3 Å². The van der Waals surface area contributed by atoms with Crippen molar-refractivity contribution >= 4 is 17.9 Å². The summed E-state index contributed by atoms with van der Waals surface area (Å²) in [5.74, 6) is -5.51. The van der Waals surface area contributed by atoms with Crippen LogP contribution in [0, 0.1) is 17.0 Å². The minimum absolute atomic E-state index is 0.0884. The number of aromatic nitrogens is 1. The van der Waals surface area contributed by atoms with Gasteiger partial charge in [-0.1, -0.05) is 12.1 Å². The molecule has 1 fully saturated rings. The molecule has 1 atom stereocenters. The SMILES string of the molecule is CCOCC1(CCc2ccc(F)cc2)CCN(Cc2cncc(F)c2)C1.O=C(O)CC(O)(CC(=O)O)C(=O)O. The Hall–Kier alpha value is -3.48. The van der Waals surface area contributed by atoms with Crippen molar-refractivity contribution in [2.24, 2.45) is 5.41 Å². The van der Waals surface area contributed by atoms with Gasteiger partial charge in [0.25, 0.3) is 0 Å². The number of likely N-dealkylation sites (tertiary alicyclic amines) is 1. The molecule has 12 heteroatoms. The van der Waals surface area contributed by atoms with Gasteiger partial charge >= 0.3 is 17.9 Å². The molecule has 0 spiro atoms. The summed E-state index contributed by atoms with van der Waals surface area (Å²) in [7, 11) is 0. The van der Waals surface area contributed by atoms with E-state index in [4.69, 9.17) is 25.2 Å². The number of halogens is 2. The second-order valence-corrected chi connectivity index (χ2v) is 9.71. The average Bonchev–Trinajstić information content (AvgIpc) is 3.24. The fourth-order valence-electron chi connectivity index (χ4n) is 4.45. The van der Waals surface area contributed by atoms with Gasteiger partial charge < -0.3 is 25.2 Å². The van der Waals surface area contributed by atoms with Gasteiger partial charge in [-0.05, 0) is 62.1 Å². The summed E-state index contributed by atoms with van der Waals surface area (Å²) in [6.07, 6.45) is 3.62. The second kappa shape index (κ2) is 14.6. The fourth-order valence-corrected chi connectivity index (χ4v) is 4.45. The van der Waals surface area contributed by atoms with E-state index in [1.807, 2.05) is 19.1 Å². The van der Waals surface area contributed by atoms with Crippen molar-refractivity contribution in [3.05, 3.63) is 65.5 Å². The van der Waals surface area contributed by atoms with Gasteiger partial charge in [0.05, 0.1) is 25.6 Å². The number of hydrogen-bond acceptors (Lipinski definition) is 7. The van der Waals surface area contributed by atoms with Gasteiger partial charge in [0.15, 0.2) is 5.60 Å². The number of aliphatic carboxylic acids is 3. The zero-order chi connectivity index (χ0) is 29.1. The molecule has 1 aliphatic rings. The standard InChI is InChI=1S/C21H26F2N2O.C6H8O7/c1-2-26-16-21(8-7-17-3-5-19(22)6-4-17)9-10-25(15-21)14-18-11-20(23)13-24-12-18;7-3(8)1-6(13,5(11)12)2-4(9)10/h3-6,11-13H,2,7-10,14-16H2,1H3;13H,1-2H2,(H,7,8)(H,9,10)(H,11,12). The lowest BCUT2D eigenvalue weighted by atomic mass is 9.82. The molecule has 1 unspecified atom stereocenters. The predicted molar refractivity (Wildman–Crippen MR) is 135 cm³/mol. The maximum atomic E-state index is 13.4. The second-order valence-electron chi connectivity index (χ2n) is 9.71. The molecular formula is C27H34F2N2O8. The van der Waals surface area contributed by atoms with Crippen LogP contribution in [-0.4, -0.2) is 80.1 Å². The van der Waals surface area contributed by atoms with Gasteiger partial charge in [0.1, 0.15) is 11.6 Å². The van der Waals surface area contributed by atoms with Crippen LogP contribution in [0.15, 0.2) is 42.7 Å². The van der Waals surface area contributed by atoms with E-state index in [-0.39, 0.29) is 17.0 Å². The summed E-state index contributed by atoms with van der Waals surface area (Å²) in [6, 6.07) is 8.29. The van der Waals surface area contributed by atoms with E-state index >= 15 is 0 Å². The van der Waals surface area contributed by atoms with Crippen LogP contribution in [0.4, 0.5) is 8.78 Å². The minimum atomic E-state index is -2.74.